The molecule has 0 saturated heterocycles. The molecule has 0 bridgehead atoms. The van der Waals surface area contributed by atoms with Crippen LogP contribution in [0, 0.1) is 0 Å². The summed E-state index contributed by atoms with van der Waals surface area (Å²) in [6.45, 7) is -0.187. The van der Waals surface area contributed by atoms with Crippen LogP contribution >= 0.6 is 11.8 Å². The normalized spacial score (nSPS) is 10.3. The minimum absolute atomic E-state index is 0.187. The van der Waals surface area contributed by atoms with Gasteiger partial charge in [0.05, 0.1) is 27.9 Å². The number of anilines is 1. The fourth-order valence-corrected chi connectivity index (χ4v) is 3.80. The number of carbonyl (C=O) groups excluding carboxylic acids is 2. The summed E-state index contributed by atoms with van der Waals surface area (Å²) in [7, 11) is 4.42. The highest BCUT2D eigenvalue weighted by molar-refractivity contribution is 7.98. The van der Waals surface area contributed by atoms with Crippen molar-refractivity contribution in [3.8, 4) is 17.2 Å². The van der Waals surface area contributed by atoms with Crippen molar-refractivity contribution in [2.75, 3.05) is 33.2 Å². The zero-order chi connectivity index (χ0) is 23.6. The molecule has 0 saturated carbocycles. The van der Waals surface area contributed by atoms with E-state index in [1.807, 2.05) is 42.6 Å². The SMILES string of the molecule is COc1cc(C(=O)NCC(=O)Nc2ccc(SCc3cccnc3)cc2)cc(OC)c1OC. The van der Waals surface area contributed by atoms with E-state index in [4.69, 9.17) is 14.2 Å². The lowest BCUT2D eigenvalue weighted by molar-refractivity contribution is -0.115. The van der Waals surface area contributed by atoms with Gasteiger partial charge in [0.2, 0.25) is 11.7 Å². The van der Waals surface area contributed by atoms with Gasteiger partial charge in [0.1, 0.15) is 0 Å². The Morgan fingerprint density at radius 2 is 1.67 bits per heavy atom. The lowest BCUT2D eigenvalue weighted by atomic mass is 10.1. The Morgan fingerprint density at radius 3 is 2.24 bits per heavy atom. The largest absolute Gasteiger partial charge is 0.493 e. The summed E-state index contributed by atoms with van der Waals surface area (Å²) < 4.78 is 15.8. The second-order valence-electron chi connectivity index (χ2n) is 6.82. The summed E-state index contributed by atoms with van der Waals surface area (Å²) in [5.41, 5.74) is 2.07. The minimum Gasteiger partial charge on any atom is -0.493 e. The summed E-state index contributed by atoms with van der Waals surface area (Å²) in [6.07, 6.45) is 3.59. The highest BCUT2D eigenvalue weighted by Crippen LogP contribution is 2.38. The first-order chi connectivity index (χ1) is 16.0. The van der Waals surface area contributed by atoms with Gasteiger partial charge in [0.15, 0.2) is 11.5 Å². The van der Waals surface area contributed by atoms with Crippen molar-refractivity contribution in [1.29, 1.82) is 0 Å². The van der Waals surface area contributed by atoms with Crippen LogP contribution in [0.5, 0.6) is 17.2 Å². The quantitative estimate of drug-likeness (QED) is 0.438. The molecule has 2 amide bonds. The van der Waals surface area contributed by atoms with Crippen LogP contribution in [0.25, 0.3) is 0 Å². The first-order valence-electron chi connectivity index (χ1n) is 10.0. The maximum atomic E-state index is 12.5. The molecule has 2 aromatic carbocycles. The number of hydrogen-bond acceptors (Lipinski definition) is 7. The van der Waals surface area contributed by atoms with Crippen molar-refractivity contribution < 1.29 is 23.8 Å². The van der Waals surface area contributed by atoms with Gasteiger partial charge >= 0.3 is 0 Å². The van der Waals surface area contributed by atoms with E-state index in [0.29, 0.717) is 22.9 Å². The molecule has 0 fully saturated rings. The molecule has 3 aromatic rings. The fraction of sp³-hybridized carbons (Fsp3) is 0.208. The van der Waals surface area contributed by atoms with Crippen molar-refractivity contribution in [2.45, 2.75) is 10.6 Å². The lowest BCUT2D eigenvalue weighted by Gasteiger charge is -2.14. The van der Waals surface area contributed by atoms with Gasteiger partial charge in [-0.2, -0.15) is 0 Å². The van der Waals surface area contributed by atoms with E-state index in [2.05, 4.69) is 15.6 Å². The number of nitrogens with zero attached hydrogens (tertiary/aromatic N) is 1. The Morgan fingerprint density at radius 1 is 0.970 bits per heavy atom. The Kier molecular flexibility index (Phi) is 8.54. The summed E-state index contributed by atoms with van der Waals surface area (Å²) >= 11 is 1.68. The summed E-state index contributed by atoms with van der Waals surface area (Å²) in [6, 6.07) is 14.5. The second kappa shape index (κ2) is 11.8. The van der Waals surface area contributed by atoms with Crippen molar-refractivity contribution in [3.63, 3.8) is 0 Å². The van der Waals surface area contributed by atoms with Gasteiger partial charge in [-0.1, -0.05) is 6.07 Å². The van der Waals surface area contributed by atoms with E-state index in [-0.39, 0.29) is 18.0 Å². The molecule has 33 heavy (non-hydrogen) atoms. The van der Waals surface area contributed by atoms with Crippen molar-refractivity contribution in [3.05, 3.63) is 72.1 Å². The maximum Gasteiger partial charge on any atom is 0.251 e. The van der Waals surface area contributed by atoms with Gasteiger partial charge < -0.3 is 24.8 Å². The minimum atomic E-state index is -0.438. The Hall–Kier alpha value is -3.72. The predicted molar refractivity (Wildman–Crippen MR) is 127 cm³/mol. The number of hydrogen-bond donors (Lipinski definition) is 2. The first kappa shape index (κ1) is 23.9. The van der Waals surface area contributed by atoms with Gasteiger partial charge in [-0.3, -0.25) is 14.6 Å². The Labute approximate surface area is 196 Å². The third kappa shape index (κ3) is 6.63. The molecule has 0 atom stereocenters. The van der Waals surface area contributed by atoms with Crippen LogP contribution in [0.4, 0.5) is 5.69 Å². The van der Waals surface area contributed by atoms with Crippen molar-refractivity contribution >= 4 is 29.3 Å². The molecular formula is C24H25N3O5S. The number of thioether (sulfide) groups is 1. The number of ether oxygens (including phenoxy) is 3. The van der Waals surface area contributed by atoms with Crippen molar-refractivity contribution in [2.24, 2.45) is 0 Å². The molecule has 0 spiro atoms. The third-order valence-electron chi connectivity index (χ3n) is 4.60. The molecule has 0 aliphatic carbocycles. The number of methoxy groups -OCH3 is 3. The van der Waals surface area contributed by atoms with Gasteiger partial charge in [-0.15, -0.1) is 11.8 Å². The molecule has 1 heterocycles. The summed E-state index contributed by atoms with van der Waals surface area (Å²) in [5, 5.41) is 5.37. The van der Waals surface area contributed by atoms with Crippen molar-refractivity contribution in [1.82, 2.24) is 10.3 Å². The molecule has 0 radical (unpaired) electrons. The van der Waals surface area contributed by atoms with Crippen LogP contribution < -0.4 is 24.8 Å². The molecule has 8 nitrogen and oxygen atoms in total. The number of amides is 2. The number of nitrogens with one attached hydrogen (secondary N) is 2. The molecule has 9 heteroatoms. The van der Waals surface area contributed by atoms with E-state index in [9.17, 15) is 9.59 Å². The van der Waals surface area contributed by atoms with Crippen LogP contribution in [0.2, 0.25) is 0 Å². The highest BCUT2D eigenvalue weighted by Gasteiger charge is 2.17. The van der Waals surface area contributed by atoms with Crippen LogP contribution in [-0.4, -0.2) is 44.7 Å². The Balaban J connectivity index is 1.52. The monoisotopic (exact) mass is 467 g/mol. The van der Waals surface area contributed by atoms with E-state index in [1.165, 1.54) is 33.5 Å². The topological polar surface area (TPSA) is 98.8 Å². The molecule has 2 N–H and O–H groups in total. The molecule has 0 aliphatic rings. The van der Waals surface area contributed by atoms with Gasteiger partial charge in [0, 0.05) is 34.3 Å². The standard InChI is InChI=1S/C24H25N3O5S/c1-30-20-11-17(12-21(31-2)23(20)32-3)24(29)26-14-22(28)27-18-6-8-19(9-7-18)33-15-16-5-4-10-25-13-16/h4-13H,14-15H2,1-3H3,(H,26,29)(H,27,28). The average molecular weight is 468 g/mol. The molecular weight excluding hydrogens is 442 g/mol. The maximum absolute atomic E-state index is 12.5. The zero-order valence-electron chi connectivity index (χ0n) is 18.6. The fourth-order valence-electron chi connectivity index (χ4n) is 2.96. The molecule has 1 aromatic heterocycles. The third-order valence-corrected chi connectivity index (χ3v) is 5.69. The lowest BCUT2D eigenvalue weighted by Crippen LogP contribution is -2.32. The van der Waals surface area contributed by atoms with Crippen LogP contribution in [0.15, 0.2) is 65.8 Å². The summed E-state index contributed by atoms with van der Waals surface area (Å²) in [4.78, 5) is 30.0. The number of carbonyl (C=O) groups is 2. The number of rotatable bonds is 10. The van der Waals surface area contributed by atoms with E-state index >= 15 is 0 Å². The molecule has 0 unspecified atom stereocenters. The highest BCUT2D eigenvalue weighted by atomic mass is 32.2. The number of aromatic nitrogens is 1. The van der Waals surface area contributed by atoms with E-state index in [1.54, 1.807) is 18.0 Å². The van der Waals surface area contributed by atoms with Crippen LogP contribution in [-0.2, 0) is 10.5 Å². The van der Waals surface area contributed by atoms with E-state index in [0.717, 1.165) is 16.2 Å². The second-order valence-corrected chi connectivity index (χ2v) is 7.87. The number of benzene rings is 2. The van der Waals surface area contributed by atoms with Gasteiger partial charge in [-0.25, -0.2) is 0 Å². The predicted octanol–water partition coefficient (Wildman–Crippen LogP) is 3.77. The number of pyridine rings is 1. The average Bonchev–Trinajstić information content (AvgIpc) is 2.86. The van der Waals surface area contributed by atoms with Crippen LogP contribution in [0.1, 0.15) is 15.9 Å². The first-order valence-corrected chi connectivity index (χ1v) is 11.0. The van der Waals surface area contributed by atoms with Gasteiger partial charge in [0.25, 0.3) is 5.91 Å². The smallest absolute Gasteiger partial charge is 0.251 e. The molecule has 0 aliphatic heterocycles. The van der Waals surface area contributed by atoms with E-state index < -0.39 is 5.91 Å². The molecule has 172 valence electrons. The van der Waals surface area contributed by atoms with Gasteiger partial charge in [-0.05, 0) is 48.0 Å². The Bertz CT molecular complexity index is 1070. The summed E-state index contributed by atoms with van der Waals surface area (Å²) in [5.74, 6) is 1.13. The van der Waals surface area contributed by atoms with Crippen LogP contribution in [0.3, 0.4) is 0 Å². The molecule has 3 rings (SSSR count). The zero-order valence-corrected chi connectivity index (χ0v) is 19.4.